The fraction of sp³-hybridized carbons (Fsp3) is 0.368. The lowest BCUT2D eigenvalue weighted by atomic mass is 9.85. The minimum Gasteiger partial charge on any atom is -0.490 e. The summed E-state index contributed by atoms with van der Waals surface area (Å²) in [4.78, 5) is 17.1. The highest BCUT2D eigenvalue weighted by molar-refractivity contribution is 5.92. The Morgan fingerprint density at radius 3 is 2.71 bits per heavy atom. The number of hydrogen-bond donors (Lipinski definition) is 0. The highest BCUT2D eigenvalue weighted by atomic mass is 19.4. The van der Waals surface area contributed by atoms with Gasteiger partial charge in [0.05, 0.1) is 12.2 Å². The van der Waals surface area contributed by atoms with Gasteiger partial charge in [-0.15, -0.1) is 0 Å². The fourth-order valence-corrected chi connectivity index (χ4v) is 3.79. The molecule has 1 spiro atoms. The average molecular weight is 448 g/mol. The molecule has 2 aliphatic heterocycles. The lowest BCUT2D eigenvalue weighted by Gasteiger charge is -2.35. The Hall–Kier alpha value is -3.18. The molecule has 2 aromatic rings. The molecule has 1 aromatic heterocycles. The summed E-state index contributed by atoms with van der Waals surface area (Å²) in [5.74, 6) is -2.45. The summed E-state index contributed by atoms with van der Waals surface area (Å²) < 4.78 is 94.5. The number of pyridine rings is 1. The molecule has 0 unspecified atom stereocenters. The van der Waals surface area contributed by atoms with Crippen LogP contribution in [0, 0.1) is 5.82 Å². The van der Waals surface area contributed by atoms with Gasteiger partial charge in [-0.1, -0.05) is 12.1 Å². The highest BCUT2D eigenvalue weighted by Gasteiger charge is 2.53. The number of carbonyl (C=O) groups is 1. The van der Waals surface area contributed by atoms with Gasteiger partial charge in [-0.2, -0.15) is 22.0 Å². The normalized spacial score (nSPS) is 21.0. The van der Waals surface area contributed by atoms with E-state index < -0.39 is 47.4 Å². The van der Waals surface area contributed by atoms with E-state index in [1.165, 1.54) is 12.1 Å². The van der Waals surface area contributed by atoms with Gasteiger partial charge in [0.15, 0.2) is 23.1 Å². The zero-order valence-electron chi connectivity index (χ0n) is 15.6. The van der Waals surface area contributed by atoms with E-state index in [1.807, 2.05) is 0 Å². The average Bonchev–Trinajstić information content (AvgIpc) is 2.89. The summed E-state index contributed by atoms with van der Waals surface area (Å²) in [6.07, 6.45) is -5.09. The van der Waals surface area contributed by atoms with Gasteiger partial charge in [-0.05, 0) is 25.0 Å². The van der Waals surface area contributed by atoms with Crippen LogP contribution < -0.4 is 14.4 Å². The van der Waals surface area contributed by atoms with Gasteiger partial charge >= 0.3 is 18.9 Å². The number of hydrogen-bond acceptors (Lipinski definition) is 5. The molecule has 6 nitrogen and oxygen atoms in total. The van der Waals surface area contributed by atoms with Crippen molar-refractivity contribution in [1.29, 1.82) is 0 Å². The molecular formula is C19H14F6N2O4. The van der Waals surface area contributed by atoms with Gasteiger partial charge in [-0.3, -0.25) is 0 Å². The molecule has 1 aromatic carbocycles. The van der Waals surface area contributed by atoms with Crippen LogP contribution in [-0.2, 0) is 16.5 Å². The lowest BCUT2D eigenvalue weighted by molar-refractivity contribution is -0.138. The number of aromatic nitrogens is 1. The minimum atomic E-state index is -4.89. The van der Waals surface area contributed by atoms with Crippen LogP contribution in [0.4, 0.5) is 37.0 Å². The Balaban J connectivity index is 1.91. The molecule has 3 heterocycles. The highest BCUT2D eigenvalue weighted by Crippen LogP contribution is 2.49. The van der Waals surface area contributed by atoms with Crippen LogP contribution in [0.1, 0.15) is 24.0 Å². The molecule has 1 fully saturated rings. The Morgan fingerprint density at radius 1 is 1.23 bits per heavy atom. The van der Waals surface area contributed by atoms with Gasteiger partial charge in [0.1, 0.15) is 12.1 Å². The second-order valence-corrected chi connectivity index (χ2v) is 6.91. The van der Waals surface area contributed by atoms with Crippen molar-refractivity contribution in [2.45, 2.75) is 31.2 Å². The molecule has 166 valence electrons. The first-order valence-corrected chi connectivity index (χ1v) is 9.04. The molecule has 12 heteroatoms. The van der Waals surface area contributed by atoms with Crippen molar-refractivity contribution < 1.29 is 45.3 Å². The summed E-state index contributed by atoms with van der Waals surface area (Å²) >= 11 is 0. The number of cyclic esters (lactones) is 1. The van der Waals surface area contributed by atoms with Crippen LogP contribution in [-0.4, -0.2) is 30.9 Å². The molecule has 0 aliphatic carbocycles. The monoisotopic (exact) mass is 448 g/mol. The molecule has 1 atom stereocenters. The third-order valence-corrected chi connectivity index (χ3v) is 5.08. The molecule has 4 rings (SSSR count). The van der Waals surface area contributed by atoms with Crippen LogP contribution >= 0.6 is 0 Å². The molecule has 0 N–H and O–H groups in total. The number of alkyl halides is 5. The zero-order valence-corrected chi connectivity index (χ0v) is 15.6. The zero-order chi connectivity index (χ0) is 22.4. The van der Waals surface area contributed by atoms with Crippen molar-refractivity contribution in [3.05, 3.63) is 47.4 Å². The van der Waals surface area contributed by atoms with Crippen molar-refractivity contribution in [3.63, 3.8) is 0 Å². The largest absolute Gasteiger partial charge is 0.490 e. The summed E-state index contributed by atoms with van der Waals surface area (Å²) in [5.41, 5.74) is -2.61. The summed E-state index contributed by atoms with van der Waals surface area (Å²) in [7, 11) is 0. The molecule has 0 bridgehead atoms. The maximum Gasteiger partial charge on any atom is 0.418 e. The predicted octanol–water partition coefficient (Wildman–Crippen LogP) is 4.87. The Kier molecular flexibility index (Phi) is 5.10. The first-order valence-electron chi connectivity index (χ1n) is 9.04. The minimum absolute atomic E-state index is 0.0958. The number of fused-ring (bicyclic) bond motifs is 2. The summed E-state index contributed by atoms with van der Waals surface area (Å²) in [5, 5.41) is 0. The first-order chi connectivity index (χ1) is 14.6. The van der Waals surface area contributed by atoms with Crippen LogP contribution in [0.25, 0.3) is 0 Å². The van der Waals surface area contributed by atoms with Gasteiger partial charge in [0, 0.05) is 11.8 Å². The standard InChI is InChI=1S/C19H14F6N2O4/c20-12-4-1-3-11-14(12)29-6-2-5-18(11)9-30-17(28)27(18)15-13(31-16(21)22)7-10(8-26-15)19(23,24)25/h1,3-4,7-8,16H,2,5-6,9H2/t18-/m0/s1. The van der Waals surface area contributed by atoms with E-state index in [-0.39, 0.29) is 30.9 Å². The van der Waals surface area contributed by atoms with Gasteiger partial charge in [0.2, 0.25) is 0 Å². The number of nitrogens with zero attached hydrogens (tertiary/aromatic N) is 2. The number of carbonyl (C=O) groups excluding carboxylic acids is 1. The van der Waals surface area contributed by atoms with Crippen molar-refractivity contribution in [3.8, 4) is 11.5 Å². The third kappa shape index (κ3) is 3.59. The molecule has 1 amide bonds. The number of para-hydroxylation sites is 1. The van der Waals surface area contributed by atoms with Crippen LogP contribution in [0.5, 0.6) is 11.5 Å². The SMILES string of the molecule is O=C1OC[C@]2(CCCOc3c(F)cccc32)N1c1ncc(C(F)(F)F)cc1OC(F)F. The molecular weight excluding hydrogens is 434 g/mol. The van der Waals surface area contributed by atoms with Crippen LogP contribution in [0.15, 0.2) is 30.5 Å². The van der Waals surface area contributed by atoms with E-state index in [0.717, 1.165) is 11.0 Å². The van der Waals surface area contributed by atoms with E-state index in [1.54, 1.807) is 0 Å². The Morgan fingerprint density at radius 2 is 2.00 bits per heavy atom. The van der Waals surface area contributed by atoms with E-state index in [9.17, 15) is 31.1 Å². The number of benzene rings is 1. The number of anilines is 1. The van der Waals surface area contributed by atoms with E-state index >= 15 is 0 Å². The topological polar surface area (TPSA) is 60.9 Å². The van der Waals surface area contributed by atoms with Gasteiger partial charge < -0.3 is 14.2 Å². The number of halogens is 6. The third-order valence-electron chi connectivity index (χ3n) is 5.08. The van der Waals surface area contributed by atoms with E-state index in [4.69, 9.17) is 9.47 Å². The van der Waals surface area contributed by atoms with Crippen molar-refractivity contribution in [1.82, 2.24) is 4.98 Å². The Bertz CT molecular complexity index is 1020. The summed E-state index contributed by atoms with van der Waals surface area (Å²) in [6.45, 7) is -3.71. The number of ether oxygens (including phenoxy) is 3. The Labute approximate surface area is 171 Å². The van der Waals surface area contributed by atoms with E-state index in [2.05, 4.69) is 9.72 Å². The molecule has 0 radical (unpaired) electrons. The number of rotatable bonds is 3. The maximum atomic E-state index is 14.4. The molecule has 2 aliphatic rings. The lowest BCUT2D eigenvalue weighted by Crippen LogP contribution is -2.45. The quantitative estimate of drug-likeness (QED) is 0.628. The van der Waals surface area contributed by atoms with E-state index in [0.29, 0.717) is 18.7 Å². The first kappa shape index (κ1) is 21.1. The predicted molar refractivity (Wildman–Crippen MR) is 92.5 cm³/mol. The smallest absolute Gasteiger partial charge is 0.418 e. The van der Waals surface area contributed by atoms with Crippen LogP contribution in [0.2, 0.25) is 0 Å². The fourth-order valence-electron chi connectivity index (χ4n) is 3.79. The second kappa shape index (κ2) is 7.50. The van der Waals surface area contributed by atoms with Crippen molar-refractivity contribution in [2.24, 2.45) is 0 Å². The second-order valence-electron chi connectivity index (χ2n) is 6.91. The molecule has 31 heavy (non-hydrogen) atoms. The number of amides is 1. The van der Waals surface area contributed by atoms with Crippen LogP contribution in [0.3, 0.4) is 0 Å². The summed E-state index contributed by atoms with van der Waals surface area (Å²) in [6, 6.07) is 4.30. The van der Waals surface area contributed by atoms with Crippen molar-refractivity contribution in [2.75, 3.05) is 18.1 Å². The van der Waals surface area contributed by atoms with Gasteiger partial charge in [-0.25, -0.2) is 19.1 Å². The van der Waals surface area contributed by atoms with Crippen molar-refractivity contribution >= 4 is 11.9 Å². The van der Waals surface area contributed by atoms with Gasteiger partial charge in [0.25, 0.3) is 0 Å². The molecule has 1 saturated heterocycles. The molecule has 0 saturated carbocycles. The maximum absolute atomic E-state index is 14.4.